The average Bonchev–Trinajstić information content (AvgIpc) is 2.61. The maximum Gasteiger partial charge on any atom is 0.326 e. The van der Waals surface area contributed by atoms with Gasteiger partial charge in [0.1, 0.15) is 6.04 Å². The lowest BCUT2D eigenvalue weighted by Crippen LogP contribution is -2.49. The van der Waals surface area contributed by atoms with E-state index >= 15 is 0 Å². The molecular weight excluding hydrogens is 316 g/mol. The Morgan fingerprint density at radius 3 is 2.04 bits per heavy atom. The molecule has 2 aromatic rings. The summed E-state index contributed by atoms with van der Waals surface area (Å²) in [7, 11) is 0. The summed E-state index contributed by atoms with van der Waals surface area (Å²) in [5.41, 5.74) is 2.08. The zero-order valence-electron chi connectivity index (χ0n) is 14.3. The first-order chi connectivity index (χ1) is 12.0. The van der Waals surface area contributed by atoms with Gasteiger partial charge in [-0.05, 0) is 30.9 Å². The number of aliphatic carboxylic acids is 1. The molecule has 0 bridgehead atoms. The van der Waals surface area contributed by atoms with Crippen LogP contribution in [0.4, 0.5) is 4.79 Å². The number of carboxylic acids is 1. The summed E-state index contributed by atoms with van der Waals surface area (Å²) >= 11 is 0. The van der Waals surface area contributed by atoms with Crippen molar-refractivity contribution in [2.24, 2.45) is 0 Å². The summed E-state index contributed by atoms with van der Waals surface area (Å²) in [6.07, 6.45) is 1.89. The van der Waals surface area contributed by atoms with Crippen LogP contribution < -0.4 is 10.6 Å². The van der Waals surface area contributed by atoms with Gasteiger partial charge in [-0.2, -0.15) is 0 Å². The van der Waals surface area contributed by atoms with Gasteiger partial charge in [-0.3, -0.25) is 0 Å². The van der Waals surface area contributed by atoms with Gasteiger partial charge in [-0.15, -0.1) is 0 Å². The molecule has 0 saturated carbocycles. The molecule has 3 N–H and O–H groups in total. The molecule has 0 aliphatic heterocycles. The minimum Gasteiger partial charge on any atom is -0.480 e. The second-order valence-corrected chi connectivity index (χ2v) is 6.12. The Kier molecular flexibility index (Phi) is 7.01. The van der Waals surface area contributed by atoms with E-state index in [4.69, 9.17) is 0 Å². The van der Waals surface area contributed by atoms with Crippen LogP contribution in [0.3, 0.4) is 0 Å². The Hall–Kier alpha value is -2.82. The van der Waals surface area contributed by atoms with Crippen molar-refractivity contribution in [3.8, 4) is 0 Å². The first-order valence-corrected chi connectivity index (χ1v) is 8.42. The molecule has 5 heteroatoms. The number of aryl methyl sites for hydroxylation is 1. The number of urea groups is 1. The number of rotatable bonds is 8. The van der Waals surface area contributed by atoms with Crippen LogP contribution in [0.15, 0.2) is 60.7 Å². The number of amides is 2. The fourth-order valence-electron chi connectivity index (χ4n) is 2.57. The quantitative estimate of drug-likeness (QED) is 0.691. The zero-order valence-corrected chi connectivity index (χ0v) is 14.3. The van der Waals surface area contributed by atoms with E-state index in [2.05, 4.69) is 10.6 Å². The fourth-order valence-corrected chi connectivity index (χ4v) is 2.57. The molecule has 0 aliphatic rings. The van der Waals surface area contributed by atoms with Crippen molar-refractivity contribution in [3.63, 3.8) is 0 Å². The number of hydrogen-bond donors (Lipinski definition) is 3. The molecule has 0 spiro atoms. The molecule has 0 aromatic heterocycles. The summed E-state index contributed by atoms with van der Waals surface area (Å²) in [6.45, 7) is 1.91. The zero-order chi connectivity index (χ0) is 18.1. The first-order valence-electron chi connectivity index (χ1n) is 8.42. The molecule has 0 aliphatic carbocycles. The van der Waals surface area contributed by atoms with E-state index in [1.165, 1.54) is 5.56 Å². The van der Waals surface area contributed by atoms with Gasteiger partial charge >= 0.3 is 12.0 Å². The topological polar surface area (TPSA) is 78.4 Å². The Morgan fingerprint density at radius 2 is 1.48 bits per heavy atom. The second-order valence-electron chi connectivity index (χ2n) is 6.12. The molecule has 2 rings (SSSR count). The third-order valence-corrected chi connectivity index (χ3v) is 3.97. The Morgan fingerprint density at radius 1 is 0.920 bits per heavy atom. The first kappa shape index (κ1) is 18.5. The van der Waals surface area contributed by atoms with Crippen LogP contribution in [-0.4, -0.2) is 29.2 Å². The van der Waals surface area contributed by atoms with Gasteiger partial charge in [-0.1, -0.05) is 60.7 Å². The van der Waals surface area contributed by atoms with Gasteiger partial charge in [0.25, 0.3) is 0 Å². The lowest BCUT2D eigenvalue weighted by molar-refractivity contribution is -0.139. The lowest BCUT2D eigenvalue weighted by Gasteiger charge is -2.18. The largest absolute Gasteiger partial charge is 0.480 e. The van der Waals surface area contributed by atoms with E-state index in [0.717, 1.165) is 18.4 Å². The molecule has 0 saturated heterocycles. The van der Waals surface area contributed by atoms with Crippen LogP contribution in [0.1, 0.15) is 24.5 Å². The molecular formula is C20H24N2O3. The number of nitrogens with one attached hydrogen (secondary N) is 2. The van der Waals surface area contributed by atoms with Gasteiger partial charge in [0.15, 0.2) is 0 Å². The molecule has 0 radical (unpaired) electrons. The van der Waals surface area contributed by atoms with Crippen molar-refractivity contribution in [2.45, 2.75) is 38.3 Å². The average molecular weight is 340 g/mol. The van der Waals surface area contributed by atoms with Gasteiger partial charge in [0, 0.05) is 12.5 Å². The molecule has 25 heavy (non-hydrogen) atoms. The number of carbonyl (C=O) groups is 2. The highest BCUT2D eigenvalue weighted by molar-refractivity contribution is 5.82. The van der Waals surface area contributed by atoms with Crippen molar-refractivity contribution in [1.82, 2.24) is 10.6 Å². The van der Waals surface area contributed by atoms with Crippen LogP contribution in [0.2, 0.25) is 0 Å². The monoisotopic (exact) mass is 340 g/mol. The minimum absolute atomic E-state index is 0.0497. The molecule has 5 nitrogen and oxygen atoms in total. The highest BCUT2D eigenvalue weighted by atomic mass is 16.4. The Bertz CT molecular complexity index is 674. The van der Waals surface area contributed by atoms with Crippen molar-refractivity contribution >= 4 is 12.0 Å². The Labute approximate surface area is 148 Å². The predicted molar refractivity (Wildman–Crippen MR) is 97.5 cm³/mol. The third kappa shape index (κ3) is 6.67. The van der Waals surface area contributed by atoms with Crippen LogP contribution >= 0.6 is 0 Å². The van der Waals surface area contributed by atoms with E-state index in [9.17, 15) is 14.7 Å². The number of carboxylic acid groups (broad SMARTS) is 1. The standard InChI is InChI=1S/C20H24N2O3/c1-15(12-13-16-8-4-2-5-9-16)21-20(25)22-18(19(23)24)14-17-10-6-3-7-11-17/h2-11,15,18H,12-14H2,1H3,(H,23,24)(H2,21,22,25)/t15?,18-/m0/s1. The molecule has 0 fully saturated rings. The summed E-state index contributed by atoms with van der Waals surface area (Å²) in [5.74, 6) is -1.05. The van der Waals surface area contributed by atoms with Gasteiger partial charge in [-0.25, -0.2) is 9.59 Å². The summed E-state index contributed by atoms with van der Waals surface area (Å²) in [4.78, 5) is 23.5. The van der Waals surface area contributed by atoms with Gasteiger partial charge in [0.2, 0.25) is 0 Å². The summed E-state index contributed by atoms with van der Waals surface area (Å²) in [5, 5.41) is 14.7. The maximum atomic E-state index is 12.1. The van der Waals surface area contributed by atoms with Crippen LogP contribution in [0.5, 0.6) is 0 Å². The number of hydrogen-bond acceptors (Lipinski definition) is 2. The van der Waals surface area contributed by atoms with Crippen molar-refractivity contribution < 1.29 is 14.7 Å². The summed E-state index contributed by atoms with van der Waals surface area (Å²) in [6, 6.07) is 17.8. The van der Waals surface area contributed by atoms with Crippen molar-refractivity contribution in [2.75, 3.05) is 0 Å². The molecule has 0 heterocycles. The van der Waals surface area contributed by atoms with E-state index in [0.29, 0.717) is 0 Å². The van der Waals surface area contributed by atoms with Crippen LogP contribution in [0.25, 0.3) is 0 Å². The predicted octanol–water partition coefficient (Wildman–Crippen LogP) is 3.00. The SMILES string of the molecule is CC(CCc1ccccc1)NC(=O)N[C@@H](Cc1ccccc1)C(=O)O. The smallest absolute Gasteiger partial charge is 0.326 e. The number of benzene rings is 2. The highest BCUT2D eigenvalue weighted by Crippen LogP contribution is 2.06. The fraction of sp³-hybridized carbons (Fsp3) is 0.300. The normalized spacial score (nSPS) is 12.8. The van der Waals surface area contributed by atoms with E-state index in [1.54, 1.807) is 0 Å². The number of carbonyl (C=O) groups excluding carboxylic acids is 1. The van der Waals surface area contributed by atoms with E-state index < -0.39 is 18.0 Å². The lowest BCUT2D eigenvalue weighted by atomic mass is 10.1. The van der Waals surface area contributed by atoms with Crippen molar-refractivity contribution in [1.29, 1.82) is 0 Å². The van der Waals surface area contributed by atoms with Crippen LogP contribution in [0, 0.1) is 0 Å². The van der Waals surface area contributed by atoms with Gasteiger partial charge in [0.05, 0.1) is 0 Å². The molecule has 132 valence electrons. The minimum atomic E-state index is -1.05. The molecule has 2 amide bonds. The molecule has 1 unspecified atom stereocenters. The van der Waals surface area contributed by atoms with E-state index in [1.807, 2.05) is 67.6 Å². The van der Waals surface area contributed by atoms with Gasteiger partial charge < -0.3 is 15.7 Å². The Balaban J connectivity index is 1.81. The highest BCUT2D eigenvalue weighted by Gasteiger charge is 2.21. The third-order valence-electron chi connectivity index (χ3n) is 3.97. The maximum absolute atomic E-state index is 12.1. The molecule has 2 aromatic carbocycles. The second kappa shape index (κ2) is 9.47. The van der Waals surface area contributed by atoms with E-state index in [-0.39, 0.29) is 12.5 Å². The van der Waals surface area contributed by atoms with Crippen molar-refractivity contribution in [3.05, 3.63) is 71.8 Å². The van der Waals surface area contributed by atoms with Crippen LogP contribution in [-0.2, 0) is 17.6 Å². The summed E-state index contributed by atoms with van der Waals surface area (Å²) < 4.78 is 0. The molecule has 2 atom stereocenters.